The molecule has 27 heavy (non-hydrogen) atoms. The minimum atomic E-state index is -1.36. The van der Waals surface area contributed by atoms with E-state index in [1.165, 1.54) is 6.08 Å². The second-order valence-corrected chi connectivity index (χ2v) is 6.77. The fraction of sp³-hybridized carbons (Fsp3) is 0.421. The maximum atomic E-state index is 12.3. The van der Waals surface area contributed by atoms with Gasteiger partial charge in [-0.1, -0.05) is 36.4 Å². The summed E-state index contributed by atoms with van der Waals surface area (Å²) in [6.45, 7) is 8.35. The van der Waals surface area contributed by atoms with Crippen molar-refractivity contribution in [3.63, 3.8) is 0 Å². The van der Waals surface area contributed by atoms with Crippen LogP contribution < -0.4 is 5.32 Å². The highest BCUT2D eigenvalue weighted by Crippen LogP contribution is 2.08. The van der Waals surface area contributed by atoms with E-state index in [4.69, 9.17) is 9.47 Å². The van der Waals surface area contributed by atoms with Gasteiger partial charge in [-0.3, -0.25) is 0 Å². The average molecular weight is 378 g/mol. The Hall–Kier alpha value is -3.03. The zero-order valence-corrected chi connectivity index (χ0v) is 15.8. The summed E-state index contributed by atoms with van der Waals surface area (Å²) in [5, 5.41) is 11.6. The van der Waals surface area contributed by atoms with Crippen molar-refractivity contribution in [2.45, 2.75) is 39.0 Å². The highest BCUT2D eigenvalue weighted by atomic mass is 16.6. The molecule has 0 aliphatic rings. The van der Waals surface area contributed by atoms with Crippen LogP contribution in [0.5, 0.6) is 0 Å². The molecule has 8 nitrogen and oxygen atoms in total. The number of rotatable bonds is 8. The number of benzene rings is 1. The van der Waals surface area contributed by atoms with E-state index < -0.39 is 29.8 Å². The van der Waals surface area contributed by atoms with Crippen LogP contribution in [0.1, 0.15) is 26.3 Å². The summed E-state index contributed by atoms with van der Waals surface area (Å²) in [5.41, 5.74) is 0.0220. The number of alkyl carbamates (subject to hydrolysis) is 1. The first-order valence-corrected chi connectivity index (χ1v) is 8.41. The lowest BCUT2D eigenvalue weighted by Gasteiger charge is -2.26. The van der Waals surface area contributed by atoms with Gasteiger partial charge in [0.1, 0.15) is 18.2 Å². The SMILES string of the molecule is C=CCN(CC(NC(=O)OC(C)(C)C)C(=O)O)C(=O)OCc1ccccc1. The Bertz CT molecular complexity index is 654. The molecular formula is C19H26N2O6. The third-order valence-corrected chi connectivity index (χ3v) is 3.20. The van der Waals surface area contributed by atoms with Gasteiger partial charge in [0.25, 0.3) is 0 Å². The zero-order chi connectivity index (χ0) is 20.4. The Labute approximate surface area is 158 Å². The number of carbonyl (C=O) groups is 3. The van der Waals surface area contributed by atoms with E-state index in [9.17, 15) is 19.5 Å². The van der Waals surface area contributed by atoms with Crippen molar-refractivity contribution in [1.82, 2.24) is 10.2 Å². The van der Waals surface area contributed by atoms with Crippen molar-refractivity contribution >= 4 is 18.2 Å². The molecule has 1 rings (SSSR count). The van der Waals surface area contributed by atoms with E-state index in [1.807, 2.05) is 18.2 Å². The molecule has 148 valence electrons. The number of nitrogens with one attached hydrogen (secondary N) is 1. The molecule has 1 aromatic carbocycles. The van der Waals surface area contributed by atoms with Gasteiger partial charge in [0.05, 0.1) is 6.54 Å². The Morgan fingerprint density at radius 1 is 1.26 bits per heavy atom. The summed E-state index contributed by atoms with van der Waals surface area (Å²) < 4.78 is 10.3. The van der Waals surface area contributed by atoms with Gasteiger partial charge < -0.3 is 24.8 Å². The smallest absolute Gasteiger partial charge is 0.410 e. The zero-order valence-electron chi connectivity index (χ0n) is 15.8. The van der Waals surface area contributed by atoms with Crippen molar-refractivity contribution in [1.29, 1.82) is 0 Å². The summed E-state index contributed by atoms with van der Waals surface area (Å²) in [7, 11) is 0. The van der Waals surface area contributed by atoms with Gasteiger partial charge in [0.15, 0.2) is 0 Å². The molecule has 0 saturated heterocycles. The number of hydrogen-bond acceptors (Lipinski definition) is 5. The molecule has 0 saturated carbocycles. The third-order valence-electron chi connectivity index (χ3n) is 3.20. The largest absolute Gasteiger partial charge is 0.480 e. The minimum Gasteiger partial charge on any atom is -0.480 e. The molecule has 0 radical (unpaired) electrons. The van der Waals surface area contributed by atoms with Crippen molar-refractivity contribution in [2.75, 3.05) is 13.1 Å². The molecule has 2 amide bonds. The van der Waals surface area contributed by atoms with E-state index in [0.717, 1.165) is 10.5 Å². The molecule has 0 bridgehead atoms. The summed E-state index contributed by atoms with van der Waals surface area (Å²) in [6.07, 6.45) is -0.155. The molecule has 1 atom stereocenters. The standard InChI is InChI=1S/C19H26N2O6/c1-5-11-21(18(25)26-13-14-9-7-6-8-10-14)12-15(16(22)23)20-17(24)27-19(2,3)4/h5-10,15H,1,11-13H2,2-4H3,(H,20,24)(H,22,23). The topological polar surface area (TPSA) is 105 Å². The van der Waals surface area contributed by atoms with Crippen LogP contribution >= 0.6 is 0 Å². The second kappa shape index (κ2) is 10.2. The number of nitrogens with zero attached hydrogens (tertiary/aromatic N) is 1. The number of carbonyl (C=O) groups excluding carboxylic acids is 2. The molecule has 2 N–H and O–H groups in total. The van der Waals surface area contributed by atoms with Crippen LogP contribution in [0, 0.1) is 0 Å². The second-order valence-electron chi connectivity index (χ2n) is 6.77. The van der Waals surface area contributed by atoms with Crippen LogP contribution in [0.2, 0.25) is 0 Å². The van der Waals surface area contributed by atoms with Crippen LogP contribution in [-0.2, 0) is 20.9 Å². The third kappa shape index (κ3) is 8.75. The molecule has 8 heteroatoms. The highest BCUT2D eigenvalue weighted by molar-refractivity contribution is 5.81. The monoisotopic (exact) mass is 378 g/mol. The minimum absolute atomic E-state index is 0.0462. The molecule has 0 spiro atoms. The van der Waals surface area contributed by atoms with Gasteiger partial charge in [-0.05, 0) is 26.3 Å². The predicted molar refractivity (Wildman–Crippen MR) is 99.2 cm³/mol. The normalized spacial score (nSPS) is 11.8. The number of amides is 2. The van der Waals surface area contributed by atoms with E-state index in [2.05, 4.69) is 11.9 Å². The van der Waals surface area contributed by atoms with Crippen molar-refractivity contribution < 1.29 is 29.0 Å². The average Bonchev–Trinajstić information content (AvgIpc) is 2.57. The first kappa shape index (κ1) is 22.0. The van der Waals surface area contributed by atoms with Crippen LogP contribution in [0.3, 0.4) is 0 Å². The van der Waals surface area contributed by atoms with Gasteiger partial charge in [-0.2, -0.15) is 0 Å². The van der Waals surface area contributed by atoms with Crippen LogP contribution in [0.4, 0.5) is 9.59 Å². The Morgan fingerprint density at radius 3 is 2.41 bits per heavy atom. The van der Waals surface area contributed by atoms with Gasteiger partial charge in [-0.25, -0.2) is 14.4 Å². The Kier molecular flexibility index (Phi) is 8.32. The van der Waals surface area contributed by atoms with Gasteiger partial charge in [0.2, 0.25) is 0 Å². The molecule has 0 aromatic heterocycles. The lowest BCUT2D eigenvalue weighted by molar-refractivity contribution is -0.139. The van der Waals surface area contributed by atoms with E-state index in [1.54, 1.807) is 32.9 Å². The first-order valence-electron chi connectivity index (χ1n) is 8.41. The summed E-state index contributed by atoms with van der Waals surface area (Å²) >= 11 is 0. The predicted octanol–water partition coefficient (Wildman–Crippen LogP) is 2.79. The number of aliphatic carboxylic acids is 1. The maximum absolute atomic E-state index is 12.3. The summed E-state index contributed by atoms with van der Waals surface area (Å²) in [5.74, 6) is -1.30. The Balaban J connectivity index is 2.72. The number of ether oxygens (including phenoxy) is 2. The van der Waals surface area contributed by atoms with Crippen LogP contribution in [0.25, 0.3) is 0 Å². The summed E-state index contributed by atoms with van der Waals surface area (Å²) in [6, 6.07) is 7.72. The number of hydrogen-bond donors (Lipinski definition) is 2. The highest BCUT2D eigenvalue weighted by Gasteiger charge is 2.28. The van der Waals surface area contributed by atoms with Gasteiger partial charge in [0, 0.05) is 6.54 Å². The molecule has 0 heterocycles. The van der Waals surface area contributed by atoms with Crippen LogP contribution in [-0.4, -0.2) is 52.9 Å². The van der Waals surface area contributed by atoms with Crippen molar-refractivity contribution in [3.8, 4) is 0 Å². The fourth-order valence-electron chi connectivity index (χ4n) is 2.05. The van der Waals surface area contributed by atoms with Crippen LogP contribution in [0.15, 0.2) is 43.0 Å². The number of carboxylic acids is 1. The quantitative estimate of drug-likeness (QED) is 0.674. The lowest BCUT2D eigenvalue weighted by atomic mass is 10.2. The molecule has 0 fully saturated rings. The van der Waals surface area contributed by atoms with Gasteiger partial charge in [-0.15, -0.1) is 6.58 Å². The molecular weight excluding hydrogens is 352 g/mol. The van der Waals surface area contributed by atoms with E-state index in [-0.39, 0.29) is 19.7 Å². The molecule has 1 aromatic rings. The lowest BCUT2D eigenvalue weighted by Crippen LogP contribution is -2.51. The first-order chi connectivity index (χ1) is 12.6. The summed E-state index contributed by atoms with van der Waals surface area (Å²) in [4.78, 5) is 36.8. The van der Waals surface area contributed by atoms with E-state index in [0.29, 0.717) is 0 Å². The Morgan fingerprint density at radius 2 is 1.89 bits per heavy atom. The van der Waals surface area contributed by atoms with E-state index >= 15 is 0 Å². The number of carboxylic acid groups (broad SMARTS) is 1. The van der Waals surface area contributed by atoms with Crippen molar-refractivity contribution in [2.24, 2.45) is 0 Å². The molecule has 1 unspecified atom stereocenters. The van der Waals surface area contributed by atoms with Crippen molar-refractivity contribution in [3.05, 3.63) is 48.6 Å². The molecule has 0 aliphatic heterocycles. The fourth-order valence-corrected chi connectivity index (χ4v) is 2.05. The van der Waals surface area contributed by atoms with Gasteiger partial charge >= 0.3 is 18.2 Å². The maximum Gasteiger partial charge on any atom is 0.410 e. The molecule has 0 aliphatic carbocycles.